The molecule has 0 spiro atoms. The highest BCUT2D eigenvalue weighted by Gasteiger charge is 2.08. The number of para-hydroxylation sites is 1. The Bertz CT molecular complexity index is 705. The number of aromatic nitrogens is 2. The molecule has 0 radical (unpaired) electrons. The maximum atomic E-state index is 12.0. The Labute approximate surface area is 115 Å². The van der Waals surface area contributed by atoms with Gasteiger partial charge in [0.05, 0.1) is 11.2 Å². The normalized spacial score (nSPS) is 12.1. The van der Waals surface area contributed by atoms with E-state index in [1.165, 1.54) is 0 Å². The third-order valence-electron chi connectivity index (χ3n) is 2.67. The number of fused-ring (bicyclic) bond motifs is 1. The van der Waals surface area contributed by atoms with Crippen LogP contribution in [-0.4, -0.2) is 32.1 Å². The molecule has 0 N–H and O–H groups in total. The van der Waals surface area contributed by atoms with Gasteiger partial charge >= 0.3 is 0 Å². The summed E-state index contributed by atoms with van der Waals surface area (Å²) in [4.78, 5) is 9.16. The molecule has 0 fully saturated rings. The molecule has 102 valence electrons. The first-order valence-electron chi connectivity index (χ1n) is 6.40. The minimum atomic E-state index is -1.98. The minimum Gasteiger partial charge on any atom is -0.268 e. The van der Waals surface area contributed by atoms with Gasteiger partial charge in [0.15, 0.2) is 0 Å². The zero-order valence-electron chi connectivity index (χ0n) is 11.9. The number of benzene rings is 1. The number of nitrogens with zero attached hydrogens (tertiary/aromatic N) is 2. The maximum Gasteiger partial charge on any atom is 0.129 e. The van der Waals surface area contributed by atoms with Crippen molar-refractivity contribution in [2.75, 3.05) is 12.5 Å². The third-order valence-corrected chi connectivity index (χ3v) is 3.46. The average Bonchev–Trinajstić information content (AvgIpc) is 2.26. The monoisotopic (exact) mass is 276 g/mol. The van der Waals surface area contributed by atoms with E-state index < -0.39 is 9.52 Å². The number of hydrogen-bond acceptors (Lipinski definition) is 3. The van der Waals surface area contributed by atoms with Crippen molar-refractivity contribution in [2.45, 2.75) is 20.3 Å². The van der Waals surface area contributed by atoms with E-state index >= 15 is 0 Å². The molecule has 0 atom stereocenters. The number of hydrogen-bond donors (Lipinski definition) is 0. The summed E-state index contributed by atoms with van der Waals surface area (Å²) in [5, 5.41) is 2.73. The Morgan fingerprint density at radius 3 is 2.53 bits per heavy atom. The lowest BCUT2D eigenvalue weighted by molar-refractivity contribution is 0.622. The average molecular weight is 276 g/mol. The molecule has 0 aliphatic rings. The SMILES string of the molecule is CC(C)Cc1nc(C=S(C)(C)=O)c2ccccc2n1. The zero-order chi connectivity index (χ0) is 14.0. The largest absolute Gasteiger partial charge is 0.268 e. The summed E-state index contributed by atoms with van der Waals surface area (Å²) in [7, 11) is -1.98. The summed E-state index contributed by atoms with van der Waals surface area (Å²) in [5.41, 5.74) is 1.71. The van der Waals surface area contributed by atoms with Crippen LogP contribution < -0.4 is 0 Å². The van der Waals surface area contributed by atoms with Crippen molar-refractivity contribution in [3.8, 4) is 0 Å². The van der Waals surface area contributed by atoms with Crippen LogP contribution in [-0.2, 0) is 15.9 Å². The predicted molar refractivity (Wildman–Crippen MR) is 83.2 cm³/mol. The van der Waals surface area contributed by atoms with Crippen LogP contribution in [0.25, 0.3) is 10.9 Å². The Balaban J connectivity index is 2.68. The van der Waals surface area contributed by atoms with Crippen molar-refractivity contribution in [3.05, 3.63) is 35.8 Å². The van der Waals surface area contributed by atoms with Gasteiger partial charge in [-0.1, -0.05) is 32.0 Å². The van der Waals surface area contributed by atoms with Crippen LogP contribution in [0.3, 0.4) is 0 Å². The van der Waals surface area contributed by atoms with Crippen molar-refractivity contribution in [1.82, 2.24) is 9.97 Å². The van der Waals surface area contributed by atoms with Crippen LogP contribution in [0.1, 0.15) is 25.4 Å². The van der Waals surface area contributed by atoms with Crippen molar-refractivity contribution in [1.29, 1.82) is 0 Å². The second-order valence-electron chi connectivity index (χ2n) is 5.57. The smallest absolute Gasteiger partial charge is 0.129 e. The van der Waals surface area contributed by atoms with E-state index in [0.29, 0.717) is 5.92 Å². The molecule has 2 rings (SSSR count). The lowest BCUT2D eigenvalue weighted by Crippen LogP contribution is -2.07. The van der Waals surface area contributed by atoms with Gasteiger partial charge in [0, 0.05) is 29.7 Å². The fourth-order valence-corrected chi connectivity index (χ4v) is 2.68. The molecule has 1 aromatic heterocycles. The molecule has 0 unspecified atom stereocenters. The molecule has 19 heavy (non-hydrogen) atoms. The van der Waals surface area contributed by atoms with Gasteiger partial charge in [0.25, 0.3) is 0 Å². The van der Waals surface area contributed by atoms with Gasteiger partial charge < -0.3 is 0 Å². The van der Waals surface area contributed by atoms with Gasteiger partial charge in [0.1, 0.15) is 5.82 Å². The summed E-state index contributed by atoms with van der Waals surface area (Å²) in [5.74, 6) is 1.32. The summed E-state index contributed by atoms with van der Waals surface area (Å²) >= 11 is 0. The Kier molecular flexibility index (Phi) is 3.90. The molecule has 1 heterocycles. The summed E-state index contributed by atoms with van der Waals surface area (Å²) in [6, 6.07) is 7.88. The highest BCUT2D eigenvalue weighted by Crippen LogP contribution is 2.16. The second-order valence-corrected chi connectivity index (χ2v) is 8.42. The van der Waals surface area contributed by atoms with Crippen LogP contribution >= 0.6 is 0 Å². The second kappa shape index (κ2) is 5.29. The molecule has 0 saturated carbocycles. The van der Waals surface area contributed by atoms with E-state index in [1.54, 1.807) is 17.9 Å². The van der Waals surface area contributed by atoms with Crippen molar-refractivity contribution in [2.24, 2.45) is 5.92 Å². The van der Waals surface area contributed by atoms with Gasteiger partial charge in [-0.05, 0) is 21.5 Å². The fourth-order valence-electron chi connectivity index (χ4n) is 1.97. The molecule has 0 aliphatic heterocycles. The first-order valence-corrected chi connectivity index (χ1v) is 8.83. The summed E-state index contributed by atoms with van der Waals surface area (Å²) in [6.45, 7) is 4.29. The molecule has 1 aromatic carbocycles. The molecular formula is C15H20N2OS. The van der Waals surface area contributed by atoms with Crippen LogP contribution in [0.2, 0.25) is 0 Å². The lowest BCUT2D eigenvalue weighted by atomic mass is 10.1. The third kappa shape index (κ3) is 3.77. The van der Waals surface area contributed by atoms with Crippen LogP contribution in [0.4, 0.5) is 0 Å². The van der Waals surface area contributed by atoms with Gasteiger partial charge in [-0.3, -0.25) is 4.21 Å². The summed E-state index contributed by atoms with van der Waals surface area (Å²) in [6.07, 6.45) is 4.29. The molecule has 0 aliphatic carbocycles. The number of rotatable bonds is 3. The highest BCUT2D eigenvalue weighted by atomic mass is 32.2. The van der Waals surface area contributed by atoms with E-state index in [4.69, 9.17) is 0 Å². The van der Waals surface area contributed by atoms with E-state index in [0.717, 1.165) is 28.8 Å². The van der Waals surface area contributed by atoms with Crippen molar-refractivity contribution < 1.29 is 4.21 Å². The Morgan fingerprint density at radius 1 is 1.21 bits per heavy atom. The van der Waals surface area contributed by atoms with E-state index in [9.17, 15) is 4.21 Å². The predicted octanol–water partition coefficient (Wildman–Crippen LogP) is 2.52. The fraction of sp³-hybridized carbons (Fsp3) is 0.400. The van der Waals surface area contributed by atoms with Crippen LogP contribution in [0.15, 0.2) is 24.3 Å². The van der Waals surface area contributed by atoms with E-state index in [1.807, 2.05) is 24.3 Å². The zero-order valence-corrected chi connectivity index (χ0v) is 12.7. The Hall–Kier alpha value is -1.42. The molecule has 0 amide bonds. The van der Waals surface area contributed by atoms with E-state index in [2.05, 4.69) is 23.8 Å². The Morgan fingerprint density at radius 2 is 1.89 bits per heavy atom. The quantitative estimate of drug-likeness (QED) is 0.809. The van der Waals surface area contributed by atoms with Gasteiger partial charge in [0.2, 0.25) is 0 Å². The summed E-state index contributed by atoms with van der Waals surface area (Å²) < 4.78 is 12.0. The molecule has 4 heteroatoms. The molecular weight excluding hydrogens is 256 g/mol. The van der Waals surface area contributed by atoms with E-state index in [-0.39, 0.29) is 0 Å². The highest BCUT2D eigenvalue weighted by molar-refractivity contribution is 8.00. The van der Waals surface area contributed by atoms with Crippen LogP contribution in [0.5, 0.6) is 0 Å². The molecule has 0 saturated heterocycles. The van der Waals surface area contributed by atoms with Crippen molar-refractivity contribution in [3.63, 3.8) is 0 Å². The lowest BCUT2D eigenvalue weighted by Gasteiger charge is -2.08. The maximum absolute atomic E-state index is 12.0. The molecule has 3 nitrogen and oxygen atoms in total. The molecule has 2 aromatic rings. The van der Waals surface area contributed by atoms with Gasteiger partial charge in [-0.2, -0.15) is 0 Å². The molecule has 0 bridgehead atoms. The van der Waals surface area contributed by atoms with Crippen LogP contribution in [0, 0.1) is 5.92 Å². The van der Waals surface area contributed by atoms with Crippen molar-refractivity contribution >= 4 is 25.8 Å². The van der Waals surface area contributed by atoms with Gasteiger partial charge in [-0.15, -0.1) is 0 Å². The first-order chi connectivity index (χ1) is 8.85. The minimum absolute atomic E-state index is 0.502. The standard InChI is InChI=1S/C15H20N2OS/c1-11(2)9-15-16-13-8-6-5-7-12(13)14(17-15)10-19(3,4)18/h5-8,10-11H,9H2,1-4H3. The first kappa shape index (κ1) is 14.0. The topological polar surface area (TPSA) is 42.9 Å². The van der Waals surface area contributed by atoms with Gasteiger partial charge in [-0.25, -0.2) is 9.97 Å².